The molecule has 5 heteroatoms. The number of nitrogens with one attached hydrogen (secondary N) is 1. The first-order valence-electron chi connectivity index (χ1n) is 9.41. The van der Waals surface area contributed by atoms with Gasteiger partial charge in [-0.15, -0.1) is 0 Å². The first-order valence-corrected chi connectivity index (χ1v) is 9.41. The molecule has 0 saturated carbocycles. The molecule has 4 nitrogen and oxygen atoms in total. The molecule has 4 atom stereocenters. The number of aldehydes is 1. The van der Waals surface area contributed by atoms with Gasteiger partial charge in [-0.1, -0.05) is 18.2 Å². The van der Waals surface area contributed by atoms with Crippen LogP contribution in [0.2, 0.25) is 0 Å². The Bertz CT molecular complexity index is 862. The van der Waals surface area contributed by atoms with Crippen LogP contribution in [0.4, 0.5) is 5.69 Å². The Morgan fingerprint density at radius 3 is 2.92 bits per heavy atom. The minimum absolute atomic E-state index is 0. The van der Waals surface area contributed by atoms with E-state index < -0.39 is 0 Å². The highest BCUT2D eigenvalue weighted by atomic mass is 127. The second kappa shape index (κ2) is 5.83. The summed E-state index contributed by atoms with van der Waals surface area (Å²) in [5, 5.41) is 13.9. The Hall–Kier alpha value is -1.34. The number of fused-ring (bicyclic) bond motifs is 2. The number of carbonyl (C=O) groups is 1. The molecule has 1 aromatic rings. The van der Waals surface area contributed by atoms with Gasteiger partial charge in [0.25, 0.3) is 0 Å². The van der Waals surface area contributed by atoms with E-state index in [1.165, 1.54) is 11.1 Å². The van der Waals surface area contributed by atoms with E-state index in [1.807, 2.05) is 6.07 Å². The van der Waals surface area contributed by atoms with Crippen molar-refractivity contribution in [2.75, 3.05) is 25.0 Å². The van der Waals surface area contributed by atoms with E-state index in [-0.39, 0.29) is 35.3 Å². The average molecular weight is 464 g/mol. The minimum Gasteiger partial charge on any atom is -1.00 e. The van der Waals surface area contributed by atoms with Crippen LogP contribution >= 0.6 is 0 Å². The van der Waals surface area contributed by atoms with Crippen molar-refractivity contribution in [1.29, 1.82) is 0 Å². The predicted molar refractivity (Wildman–Crippen MR) is 97.3 cm³/mol. The zero-order valence-corrected chi connectivity index (χ0v) is 17.4. The number of rotatable bonds is 2. The topological polar surface area (TPSA) is 49.3 Å². The molecule has 0 amide bonds. The average Bonchev–Trinajstić information content (AvgIpc) is 3.17. The Morgan fingerprint density at radius 2 is 2.23 bits per heavy atom. The lowest BCUT2D eigenvalue weighted by molar-refractivity contribution is -0.940. The van der Waals surface area contributed by atoms with Crippen LogP contribution in [0.1, 0.15) is 32.3 Å². The van der Waals surface area contributed by atoms with Crippen LogP contribution in [-0.2, 0) is 10.2 Å². The number of phenolic OH excluding ortho intramolecular Hbond substituents is 1. The maximum absolute atomic E-state index is 12.1. The number of carbonyl (C=O) groups excluding carboxylic acids is 1. The van der Waals surface area contributed by atoms with Gasteiger partial charge in [0.05, 0.1) is 24.2 Å². The van der Waals surface area contributed by atoms with Gasteiger partial charge in [0.15, 0.2) is 0 Å². The normalized spacial score (nSPS) is 37.7. The maximum atomic E-state index is 12.1. The molecular formula is C21H25IN2O2. The number of aromatic hydroxyl groups is 1. The summed E-state index contributed by atoms with van der Waals surface area (Å²) < 4.78 is 1.11. The smallest absolute Gasteiger partial charge is 0.148 e. The molecule has 0 radical (unpaired) electrons. The number of hydrogen-bond acceptors (Lipinski definition) is 3. The molecule has 5 rings (SSSR count). The van der Waals surface area contributed by atoms with Crippen LogP contribution in [-0.4, -0.2) is 41.6 Å². The number of piperidine rings is 1. The number of halogens is 1. The fraction of sp³-hybridized carbons (Fsp3) is 0.476. The zero-order chi connectivity index (χ0) is 17.4. The first-order chi connectivity index (χ1) is 12.1. The Labute approximate surface area is 171 Å². The quantitative estimate of drug-likeness (QED) is 0.215. The molecule has 0 aromatic heterocycles. The standard InChI is InChI=1S/C21H24N2O2.HI/c1-3-13-11-23(4-2)9-8-21-16-6-5-7-17(25)19(16)22-20(21)15(12-24)14(13)10-18(21)23;/h3,5-7,12,14,18H,4,8-11H2,1-2H3,(H-,22,24,25);1H/t14-,18-,21+,23?;/m0./s1. The van der Waals surface area contributed by atoms with Crippen LogP contribution in [0.25, 0.3) is 0 Å². The van der Waals surface area contributed by atoms with E-state index in [2.05, 4.69) is 31.3 Å². The lowest BCUT2D eigenvalue weighted by Crippen LogP contribution is -3.00. The van der Waals surface area contributed by atoms with Crippen molar-refractivity contribution in [3.8, 4) is 5.75 Å². The molecule has 4 aliphatic rings. The number of benzene rings is 1. The number of phenols is 1. The fourth-order valence-electron chi connectivity index (χ4n) is 6.43. The second-order valence-electron chi connectivity index (χ2n) is 8.08. The van der Waals surface area contributed by atoms with Gasteiger partial charge in [-0.05, 0) is 31.1 Å². The predicted octanol–water partition coefficient (Wildman–Crippen LogP) is 0.101. The minimum atomic E-state index is -0.129. The van der Waals surface area contributed by atoms with Gasteiger partial charge in [0, 0.05) is 30.0 Å². The van der Waals surface area contributed by atoms with Crippen molar-refractivity contribution in [3.05, 3.63) is 46.7 Å². The van der Waals surface area contributed by atoms with Crippen molar-refractivity contribution in [3.63, 3.8) is 0 Å². The fourth-order valence-corrected chi connectivity index (χ4v) is 6.43. The molecule has 3 aliphatic heterocycles. The number of anilines is 1. The van der Waals surface area contributed by atoms with Crippen LogP contribution in [0, 0.1) is 5.92 Å². The van der Waals surface area contributed by atoms with Crippen LogP contribution < -0.4 is 29.3 Å². The molecule has 1 aliphatic carbocycles. The van der Waals surface area contributed by atoms with E-state index in [0.717, 1.165) is 60.2 Å². The first kappa shape index (κ1) is 18.0. The van der Waals surface area contributed by atoms with Crippen LogP contribution in [0.3, 0.4) is 0 Å². The maximum Gasteiger partial charge on any atom is 0.148 e. The second-order valence-corrected chi connectivity index (χ2v) is 8.08. The van der Waals surface area contributed by atoms with Gasteiger partial charge in [0.2, 0.25) is 0 Å². The third-order valence-corrected chi connectivity index (χ3v) is 7.60. The summed E-state index contributed by atoms with van der Waals surface area (Å²) in [4.78, 5) is 12.1. The molecule has 2 bridgehead atoms. The number of hydrogen-bond donors (Lipinski definition) is 2. The van der Waals surface area contributed by atoms with E-state index in [4.69, 9.17) is 0 Å². The Morgan fingerprint density at radius 1 is 1.42 bits per heavy atom. The van der Waals surface area contributed by atoms with Gasteiger partial charge in [-0.3, -0.25) is 4.79 Å². The summed E-state index contributed by atoms with van der Waals surface area (Å²) in [6, 6.07) is 6.32. The van der Waals surface area contributed by atoms with Crippen molar-refractivity contribution in [2.45, 2.75) is 38.1 Å². The summed E-state index contributed by atoms with van der Waals surface area (Å²) in [6.07, 6.45) is 5.39. The molecule has 1 unspecified atom stereocenters. The van der Waals surface area contributed by atoms with Crippen molar-refractivity contribution < 1.29 is 38.4 Å². The van der Waals surface area contributed by atoms with Gasteiger partial charge < -0.3 is 38.9 Å². The van der Waals surface area contributed by atoms with Crippen LogP contribution in [0.15, 0.2) is 41.1 Å². The molecule has 3 heterocycles. The summed E-state index contributed by atoms with van der Waals surface area (Å²) in [7, 11) is 0. The van der Waals surface area contributed by atoms with Gasteiger partial charge >= 0.3 is 0 Å². The molecule has 26 heavy (non-hydrogen) atoms. The number of quaternary nitrogens is 1. The van der Waals surface area contributed by atoms with Crippen LogP contribution in [0.5, 0.6) is 5.75 Å². The molecule has 1 spiro atoms. The monoisotopic (exact) mass is 464 g/mol. The van der Waals surface area contributed by atoms with E-state index >= 15 is 0 Å². The summed E-state index contributed by atoms with van der Waals surface area (Å²) >= 11 is 0. The summed E-state index contributed by atoms with van der Waals surface area (Å²) in [5.74, 6) is 0.525. The van der Waals surface area contributed by atoms with Gasteiger partial charge in [0.1, 0.15) is 24.6 Å². The number of likely N-dealkylation sites (N-methyl/N-ethyl adjacent to an activating group) is 1. The Balaban J connectivity index is 0.00000168. The van der Waals surface area contributed by atoms with Gasteiger partial charge in [-0.2, -0.15) is 0 Å². The molecule has 2 N–H and O–H groups in total. The number of allylic oxidation sites excluding steroid dienone is 2. The Kier molecular flexibility index (Phi) is 4.04. The SMILES string of the molecule is CC=C1C[N+]2(CC)CC[C@]34C(=C(C=O)[C@H]1C[C@@H]32)Nc1c(O)cccc14.[I-]. The lowest BCUT2D eigenvalue weighted by atomic mass is 9.61. The third kappa shape index (κ3) is 1.86. The number of para-hydroxylation sites is 1. The molecular weight excluding hydrogens is 439 g/mol. The summed E-state index contributed by atoms with van der Waals surface area (Å²) in [5.41, 5.74) is 5.29. The van der Waals surface area contributed by atoms with E-state index in [1.54, 1.807) is 6.07 Å². The summed E-state index contributed by atoms with van der Waals surface area (Å²) in [6.45, 7) is 7.72. The zero-order valence-electron chi connectivity index (χ0n) is 15.3. The van der Waals surface area contributed by atoms with Crippen molar-refractivity contribution in [2.24, 2.45) is 5.92 Å². The lowest BCUT2D eigenvalue weighted by Gasteiger charge is -2.53. The largest absolute Gasteiger partial charge is 1.00 e. The van der Waals surface area contributed by atoms with Crippen molar-refractivity contribution >= 4 is 12.0 Å². The molecule has 2 fully saturated rings. The van der Waals surface area contributed by atoms with E-state index in [9.17, 15) is 9.90 Å². The molecule has 2 saturated heterocycles. The van der Waals surface area contributed by atoms with E-state index in [0.29, 0.717) is 11.8 Å². The van der Waals surface area contributed by atoms with Gasteiger partial charge in [-0.25, -0.2) is 0 Å². The highest BCUT2D eigenvalue weighted by molar-refractivity contribution is 5.85. The number of nitrogens with zero attached hydrogens (tertiary/aromatic N) is 1. The highest BCUT2D eigenvalue weighted by Crippen LogP contribution is 2.64. The third-order valence-electron chi connectivity index (χ3n) is 7.60. The van der Waals surface area contributed by atoms with Crippen molar-refractivity contribution in [1.82, 2.24) is 0 Å². The molecule has 1 aromatic carbocycles. The highest BCUT2D eigenvalue weighted by Gasteiger charge is 2.68. The molecule has 138 valence electrons.